The van der Waals surface area contributed by atoms with E-state index in [-0.39, 0.29) is 0 Å². The molecule has 0 unspecified atom stereocenters. The van der Waals surface area contributed by atoms with E-state index in [0.717, 1.165) is 10.0 Å². The van der Waals surface area contributed by atoms with Crippen LogP contribution in [0.4, 0.5) is 0 Å². The van der Waals surface area contributed by atoms with E-state index < -0.39 is 0 Å². The predicted molar refractivity (Wildman–Crippen MR) is 53.1 cm³/mol. The van der Waals surface area contributed by atoms with Gasteiger partial charge in [0.05, 0.1) is 10.7 Å². The van der Waals surface area contributed by atoms with Gasteiger partial charge in [0, 0.05) is 5.92 Å². The average molecular weight is 202 g/mol. The van der Waals surface area contributed by atoms with Crippen molar-refractivity contribution >= 4 is 22.9 Å². The molecule has 0 amide bonds. The topological polar surface area (TPSA) is 12.9 Å². The molecule has 66 valence electrons. The van der Waals surface area contributed by atoms with Crippen LogP contribution in [0.1, 0.15) is 42.3 Å². The van der Waals surface area contributed by atoms with Gasteiger partial charge in [-0.1, -0.05) is 24.4 Å². The van der Waals surface area contributed by atoms with E-state index in [2.05, 4.69) is 4.98 Å². The van der Waals surface area contributed by atoms with Gasteiger partial charge in [-0.05, 0) is 19.8 Å². The van der Waals surface area contributed by atoms with Crippen molar-refractivity contribution in [1.29, 1.82) is 0 Å². The molecule has 0 spiro atoms. The van der Waals surface area contributed by atoms with Crippen molar-refractivity contribution in [2.45, 2.75) is 38.5 Å². The third-order valence-corrected chi connectivity index (χ3v) is 4.07. The lowest BCUT2D eigenvalue weighted by molar-refractivity contribution is 0.714. The summed E-state index contributed by atoms with van der Waals surface area (Å²) in [6.45, 7) is 1.98. The van der Waals surface area contributed by atoms with Gasteiger partial charge in [-0.3, -0.25) is 0 Å². The Labute approximate surface area is 81.8 Å². The van der Waals surface area contributed by atoms with Crippen LogP contribution in [0.2, 0.25) is 4.34 Å². The Kier molecular flexibility index (Phi) is 2.37. The minimum absolute atomic E-state index is 0.709. The SMILES string of the molecule is Cc1nc(C2CCCC2)sc1Cl. The summed E-state index contributed by atoms with van der Waals surface area (Å²) in [5.41, 5.74) is 1.00. The summed E-state index contributed by atoms with van der Waals surface area (Å²) < 4.78 is 0.872. The molecule has 1 aliphatic rings. The Hall–Kier alpha value is -0.0800. The first-order chi connectivity index (χ1) is 5.77. The number of thiazole rings is 1. The fraction of sp³-hybridized carbons (Fsp3) is 0.667. The van der Waals surface area contributed by atoms with Gasteiger partial charge in [-0.2, -0.15) is 0 Å². The Bertz CT molecular complexity index is 257. The smallest absolute Gasteiger partial charge is 0.116 e. The van der Waals surface area contributed by atoms with E-state index in [1.807, 2.05) is 6.92 Å². The number of rotatable bonds is 1. The van der Waals surface area contributed by atoms with Crippen LogP contribution in [0, 0.1) is 6.92 Å². The molecule has 1 fully saturated rings. The number of hydrogen-bond donors (Lipinski definition) is 0. The van der Waals surface area contributed by atoms with Crippen LogP contribution < -0.4 is 0 Å². The first-order valence-electron chi connectivity index (χ1n) is 4.40. The summed E-state index contributed by atoms with van der Waals surface area (Å²) in [5, 5.41) is 1.26. The fourth-order valence-electron chi connectivity index (χ4n) is 1.75. The third kappa shape index (κ3) is 1.50. The number of hydrogen-bond acceptors (Lipinski definition) is 2. The fourth-order valence-corrected chi connectivity index (χ4v) is 2.99. The maximum atomic E-state index is 5.96. The maximum absolute atomic E-state index is 5.96. The summed E-state index contributed by atoms with van der Waals surface area (Å²) in [6, 6.07) is 0. The van der Waals surface area contributed by atoms with Gasteiger partial charge in [-0.25, -0.2) is 4.98 Å². The number of halogens is 1. The Morgan fingerprint density at radius 2 is 2.08 bits per heavy atom. The summed E-state index contributed by atoms with van der Waals surface area (Å²) in [6.07, 6.45) is 5.34. The minimum Gasteiger partial charge on any atom is -0.245 e. The van der Waals surface area contributed by atoms with Gasteiger partial charge in [0.2, 0.25) is 0 Å². The monoisotopic (exact) mass is 201 g/mol. The molecular weight excluding hydrogens is 190 g/mol. The van der Waals surface area contributed by atoms with E-state index in [1.165, 1.54) is 30.7 Å². The van der Waals surface area contributed by atoms with Crippen LogP contribution in [-0.4, -0.2) is 4.98 Å². The van der Waals surface area contributed by atoms with Gasteiger partial charge in [0.25, 0.3) is 0 Å². The molecule has 0 radical (unpaired) electrons. The first kappa shape index (κ1) is 8.52. The van der Waals surface area contributed by atoms with Gasteiger partial charge in [0.1, 0.15) is 4.34 Å². The molecule has 3 heteroatoms. The minimum atomic E-state index is 0.709. The molecule has 2 rings (SSSR count). The maximum Gasteiger partial charge on any atom is 0.116 e. The molecule has 12 heavy (non-hydrogen) atoms. The van der Waals surface area contributed by atoms with Crippen molar-refractivity contribution in [1.82, 2.24) is 4.98 Å². The zero-order chi connectivity index (χ0) is 8.55. The zero-order valence-electron chi connectivity index (χ0n) is 7.14. The zero-order valence-corrected chi connectivity index (χ0v) is 8.71. The third-order valence-electron chi connectivity index (χ3n) is 2.46. The van der Waals surface area contributed by atoms with Gasteiger partial charge < -0.3 is 0 Å². The summed E-state index contributed by atoms with van der Waals surface area (Å²) in [7, 11) is 0. The second-order valence-corrected chi connectivity index (χ2v) is 5.03. The van der Waals surface area contributed by atoms with Crippen molar-refractivity contribution in [3.8, 4) is 0 Å². The van der Waals surface area contributed by atoms with Gasteiger partial charge in [0.15, 0.2) is 0 Å². The standard InChI is InChI=1S/C9H12ClNS/c1-6-8(10)12-9(11-6)7-4-2-3-5-7/h7H,2-5H2,1H3. The highest BCUT2D eigenvalue weighted by Crippen LogP contribution is 2.38. The number of aromatic nitrogens is 1. The molecule has 0 N–H and O–H groups in total. The van der Waals surface area contributed by atoms with Crippen LogP contribution in [0.25, 0.3) is 0 Å². The van der Waals surface area contributed by atoms with Crippen LogP contribution in [0.3, 0.4) is 0 Å². The van der Waals surface area contributed by atoms with Crippen LogP contribution in [0.5, 0.6) is 0 Å². The van der Waals surface area contributed by atoms with E-state index >= 15 is 0 Å². The quantitative estimate of drug-likeness (QED) is 0.674. The lowest BCUT2D eigenvalue weighted by Gasteiger charge is -2.01. The van der Waals surface area contributed by atoms with E-state index in [0.29, 0.717) is 5.92 Å². The van der Waals surface area contributed by atoms with E-state index in [1.54, 1.807) is 11.3 Å². The highest BCUT2D eigenvalue weighted by atomic mass is 35.5. The molecule has 0 bridgehead atoms. The second kappa shape index (κ2) is 3.35. The Morgan fingerprint density at radius 1 is 1.42 bits per heavy atom. The molecule has 1 aromatic rings. The molecule has 1 saturated carbocycles. The molecule has 1 nitrogen and oxygen atoms in total. The average Bonchev–Trinajstić information content (AvgIpc) is 2.61. The number of aryl methyl sites for hydroxylation is 1. The highest BCUT2D eigenvalue weighted by molar-refractivity contribution is 7.16. The molecular formula is C9H12ClNS. The van der Waals surface area contributed by atoms with Gasteiger partial charge in [-0.15, -0.1) is 11.3 Å². The van der Waals surface area contributed by atoms with Gasteiger partial charge >= 0.3 is 0 Å². The highest BCUT2D eigenvalue weighted by Gasteiger charge is 2.20. The number of nitrogens with zero attached hydrogens (tertiary/aromatic N) is 1. The molecule has 0 atom stereocenters. The molecule has 1 aromatic heterocycles. The molecule has 0 saturated heterocycles. The Morgan fingerprint density at radius 3 is 2.58 bits per heavy atom. The molecule has 1 heterocycles. The Balaban J connectivity index is 2.21. The second-order valence-electron chi connectivity index (χ2n) is 3.39. The van der Waals surface area contributed by atoms with E-state index in [4.69, 9.17) is 11.6 Å². The van der Waals surface area contributed by atoms with Crippen molar-refractivity contribution in [3.63, 3.8) is 0 Å². The summed E-state index contributed by atoms with van der Waals surface area (Å²) in [4.78, 5) is 4.48. The van der Waals surface area contributed by atoms with Crippen LogP contribution >= 0.6 is 22.9 Å². The lowest BCUT2D eigenvalue weighted by Crippen LogP contribution is -1.90. The summed E-state index contributed by atoms with van der Waals surface area (Å²) >= 11 is 7.63. The van der Waals surface area contributed by atoms with Crippen LogP contribution in [-0.2, 0) is 0 Å². The van der Waals surface area contributed by atoms with E-state index in [9.17, 15) is 0 Å². The molecule has 0 aliphatic heterocycles. The summed E-state index contributed by atoms with van der Waals surface area (Å²) in [5.74, 6) is 0.709. The van der Waals surface area contributed by atoms with Crippen molar-refractivity contribution in [2.24, 2.45) is 0 Å². The lowest BCUT2D eigenvalue weighted by atomic mass is 10.1. The van der Waals surface area contributed by atoms with Crippen molar-refractivity contribution in [2.75, 3.05) is 0 Å². The van der Waals surface area contributed by atoms with Crippen molar-refractivity contribution in [3.05, 3.63) is 15.0 Å². The van der Waals surface area contributed by atoms with Crippen LogP contribution in [0.15, 0.2) is 0 Å². The van der Waals surface area contributed by atoms with Crippen molar-refractivity contribution < 1.29 is 0 Å². The molecule has 1 aliphatic carbocycles. The normalized spacial score (nSPS) is 18.8. The predicted octanol–water partition coefficient (Wildman–Crippen LogP) is 3.76. The first-order valence-corrected chi connectivity index (χ1v) is 5.59. The molecule has 0 aromatic carbocycles. The largest absolute Gasteiger partial charge is 0.245 e.